The van der Waals surface area contributed by atoms with Crippen molar-refractivity contribution in [1.82, 2.24) is 0 Å². The van der Waals surface area contributed by atoms with Gasteiger partial charge in [-0.05, 0) is 43.5 Å². The van der Waals surface area contributed by atoms with Crippen LogP contribution in [-0.4, -0.2) is 20.0 Å². The Kier molecular flexibility index (Phi) is 2.62. The molecule has 0 amide bonds. The van der Waals surface area contributed by atoms with Gasteiger partial charge >= 0.3 is 7.11 Å². The van der Waals surface area contributed by atoms with Gasteiger partial charge in [0.15, 0.2) is 0 Å². The van der Waals surface area contributed by atoms with E-state index < -0.39 is 7.11 Å². The number of carbonyl (C=O) groups excluding carboxylic acids is 1. The lowest BCUT2D eigenvalue weighted by molar-refractivity contribution is -0.190. The molecule has 100 valence electrons. The number of rotatable bonds is 1. The molecule has 0 bridgehead atoms. The van der Waals surface area contributed by atoms with E-state index in [2.05, 4.69) is 4.65 Å². The molecular formula is C13H13BF2O3. The fourth-order valence-corrected chi connectivity index (χ4v) is 2.57. The molecule has 0 atom stereocenters. The molecule has 0 aromatic heterocycles. The molecule has 2 aliphatic rings. The first-order valence-corrected chi connectivity index (χ1v) is 6.12. The van der Waals surface area contributed by atoms with E-state index in [1.165, 1.54) is 0 Å². The molecule has 1 aliphatic heterocycles. The number of ketones is 1. The maximum absolute atomic E-state index is 13.4. The number of hydrogen-bond donors (Lipinski definition) is 0. The van der Waals surface area contributed by atoms with Crippen molar-refractivity contribution in [3.8, 4) is 5.75 Å². The first-order chi connectivity index (χ1) is 9.00. The first-order valence-electron chi connectivity index (χ1n) is 6.12. The zero-order chi connectivity index (χ0) is 13.6. The molecule has 1 aromatic carbocycles. The maximum Gasteiger partial charge on any atom is 0.994 e. The van der Waals surface area contributed by atoms with Crippen LogP contribution in [0.1, 0.15) is 28.8 Å². The van der Waals surface area contributed by atoms with E-state index in [-0.39, 0.29) is 11.5 Å². The third-order valence-electron chi connectivity index (χ3n) is 3.47. The van der Waals surface area contributed by atoms with Gasteiger partial charge < -0.3 is 22.4 Å². The molecule has 0 fully saturated rings. The molecule has 6 heteroatoms. The summed E-state index contributed by atoms with van der Waals surface area (Å²) < 4.78 is 41.3. The summed E-state index contributed by atoms with van der Waals surface area (Å²) in [5, 5.41) is 0. The predicted molar refractivity (Wildman–Crippen MR) is 67.4 cm³/mol. The third kappa shape index (κ3) is 2.01. The van der Waals surface area contributed by atoms with Crippen molar-refractivity contribution in [2.75, 3.05) is 7.11 Å². The van der Waals surface area contributed by atoms with Crippen molar-refractivity contribution in [3.63, 3.8) is 0 Å². The van der Waals surface area contributed by atoms with Crippen LogP contribution in [-0.2, 0) is 11.1 Å². The molecule has 0 saturated heterocycles. The van der Waals surface area contributed by atoms with E-state index in [0.29, 0.717) is 17.7 Å². The summed E-state index contributed by atoms with van der Waals surface area (Å²) >= 11 is 0. The van der Waals surface area contributed by atoms with Crippen LogP contribution in [0.3, 0.4) is 0 Å². The highest BCUT2D eigenvalue weighted by Crippen LogP contribution is 2.35. The highest BCUT2D eigenvalue weighted by atomic mass is 19.3. The van der Waals surface area contributed by atoms with Gasteiger partial charge in [0.05, 0.1) is 24.0 Å². The molecule has 0 unspecified atom stereocenters. The monoisotopic (exact) mass is 266 g/mol. The van der Waals surface area contributed by atoms with E-state index in [1.807, 2.05) is 6.07 Å². The Hall–Kier alpha value is -1.85. The van der Waals surface area contributed by atoms with Gasteiger partial charge in [0.2, 0.25) is 0 Å². The second-order valence-corrected chi connectivity index (χ2v) is 4.66. The molecule has 0 spiro atoms. The average molecular weight is 266 g/mol. The minimum Gasteiger partial charge on any atom is -0.572 e. The molecule has 19 heavy (non-hydrogen) atoms. The van der Waals surface area contributed by atoms with Crippen molar-refractivity contribution in [2.45, 2.75) is 19.8 Å². The Bertz CT molecular complexity index is 608. The van der Waals surface area contributed by atoms with Crippen LogP contribution in [0, 0.1) is 0 Å². The van der Waals surface area contributed by atoms with Crippen molar-refractivity contribution in [2.24, 2.45) is 0 Å². The van der Waals surface area contributed by atoms with Crippen molar-refractivity contribution in [1.29, 1.82) is 0 Å². The number of ether oxygens (including phenoxy) is 1. The summed E-state index contributed by atoms with van der Waals surface area (Å²) in [6.45, 7) is 1.56. The zero-order valence-corrected chi connectivity index (χ0v) is 10.7. The quantitative estimate of drug-likeness (QED) is 0.577. The normalized spacial score (nSPS) is 20.1. The summed E-state index contributed by atoms with van der Waals surface area (Å²) in [5.74, 6) is 1.22. The number of halogens is 2. The summed E-state index contributed by atoms with van der Waals surface area (Å²) in [6, 6.07) is 5.36. The first kappa shape index (κ1) is 12.2. The fourth-order valence-electron chi connectivity index (χ4n) is 2.57. The van der Waals surface area contributed by atoms with E-state index in [0.717, 1.165) is 17.6 Å². The Morgan fingerprint density at radius 1 is 1.32 bits per heavy atom. The molecule has 1 aromatic rings. The van der Waals surface area contributed by atoms with Crippen molar-refractivity contribution in [3.05, 3.63) is 40.7 Å². The third-order valence-corrected chi connectivity index (χ3v) is 3.47. The summed E-state index contributed by atoms with van der Waals surface area (Å²) in [4.78, 5) is 0. The van der Waals surface area contributed by atoms with Gasteiger partial charge in [-0.2, -0.15) is 0 Å². The van der Waals surface area contributed by atoms with Crippen LogP contribution < -0.4 is 4.74 Å². The molecule has 3 rings (SSSR count). The molecule has 0 radical (unpaired) electrons. The van der Waals surface area contributed by atoms with E-state index in [9.17, 15) is 8.63 Å². The Labute approximate surface area is 109 Å². The Morgan fingerprint density at radius 2 is 2.11 bits per heavy atom. The average Bonchev–Trinajstić information content (AvgIpc) is 2.36. The Morgan fingerprint density at radius 3 is 2.84 bits per heavy atom. The molecule has 0 N–H and O–H groups in total. The maximum atomic E-state index is 13.4. The number of methoxy groups -OCH3 is 1. The van der Waals surface area contributed by atoms with Gasteiger partial charge in [-0.25, -0.2) is 0 Å². The molecule has 1 aliphatic carbocycles. The van der Waals surface area contributed by atoms with E-state index >= 15 is 0 Å². The lowest BCUT2D eigenvalue weighted by Gasteiger charge is -2.26. The second kappa shape index (κ2) is 4.08. The van der Waals surface area contributed by atoms with Gasteiger partial charge in [-0.3, -0.25) is 0 Å². The van der Waals surface area contributed by atoms with Crippen LogP contribution >= 0.6 is 0 Å². The minimum atomic E-state index is -4.27. The summed E-state index contributed by atoms with van der Waals surface area (Å²) in [5.41, 5.74) is 2.39. The van der Waals surface area contributed by atoms with E-state index in [4.69, 9.17) is 9.08 Å². The number of fused-ring (bicyclic) bond motifs is 3. The van der Waals surface area contributed by atoms with Gasteiger partial charge in [0.25, 0.3) is 5.78 Å². The SMILES string of the molecule is COc1ccc2c(c1)CCC1=C(C)O[B-](F)(F)[O+]=C12. The van der Waals surface area contributed by atoms with Crippen LogP contribution in [0.25, 0.3) is 0 Å². The Balaban J connectivity index is 2.15. The van der Waals surface area contributed by atoms with Crippen LogP contribution in [0.15, 0.2) is 29.5 Å². The lowest BCUT2D eigenvalue weighted by atomic mass is 9.85. The van der Waals surface area contributed by atoms with Gasteiger partial charge in [0.1, 0.15) is 5.75 Å². The van der Waals surface area contributed by atoms with Gasteiger partial charge in [-0.15, -0.1) is 0 Å². The highest BCUT2D eigenvalue weighted by molar-refractivity contribution is 6.51. The topological polar surface area (TPSA) is 29.8 Å². The molecule has 3 nitrogen and oxygen atoms in total. The smallest absolute Gasteiger partial charge is 0.572 e. The van der Waals surface area contributed by atoms with Gasteiger partial charge in [0, 0.05) is 0 Å². The number of aryl methyl sites for hydroxylation is 1. The minimum absolute atomic E-state index is 0.248. The summed E-state index contributed by atoms with van der Waals surface area (Å²) in [7, 11) is -2.69. The predicted octanol–water partition coefficient (Wildman–Crippen LogP) is 3.04. The summed E-state index contributed by atoms with van der Waals surface area (Å²) in [6.07, 6.45) is 1.39. The van der Waals surface area contributed by atoms with Crippen LogP contribution in [0.2, 0.25) is 0 Å². The molecule has 1 heterocycles. The largest absolute Gasteiger partial charge is 0.994 e. The standard InChI is InChI=1S/C13H13BF2O3/c1-8-11-5-3-9-7-10(17-2)4-6-12(9)13(11)19-14(15,16)18-8/h4,6-7H,3,5H2,1-2H3. The molecule has 0 saturated carbocycles. The van der Waals surface area contributed by atoms with Crippen molar-refractivity contribution < 1.29 is 22.4 Å². The van der Waals surface area contributed by atoms with Gasteiger partial charge in [-0.1, -0.05) is 0 Å². The second-order valence-electron chi connectivity index (χ2n) is 4.66. The lowest BCUT2D eigenvalue weighted by Crippen LogP contribution is -2.35. The fraction of sp³-hybridized carbons (Fsp3) is 0.308. The number of benzene rings is 1. The number of hydrogen-bond acceptors (Lipinski definition) is 2. The zero-order valence-electron chi connectivity index (χ0n) is 10.7. The van der Waals surface area contributed by atoms with Crippen LogP contribution in [0.4, 0.5) is 8.63 Å². The van der Waals surface area contributed by atoms with Crippen molar-refractivity contribution >= 4 is 12.9 Å². The highest BCUT2D eigenvalue weighted by Gasteiger charge is 2.54. The molecular weight excluding hydrogens is 253 g/mol. The van der Waals surface area contributed by atoms with E-state index in [1.54, 1.807) is 26.2 Å². The number of allylic oxidation sites excluding steroid dienone is 2. The van der Waals surface area contributed by atoms with Crippen LogP contribution in [0.5, 0.6) is 5.75 Å².